The normalized spacial score (nSPS) is 22.0. The average Bonchev–Trinajstić information content (AvgIpc) is 2.95. The van der Waals surface area contributed by atoms with E-state index in [2.05, 4.69) is 17.4 Å². The molecular weight excluding hydrogens is 302 g/mol. The van der Waals surface area contributed by atoms with E-state index in [4.69, 9.17) is 0 Å². The maximum atomic E-state index is 12.5. The number of hydrogen-bond donors (Lipinski definition) is 1. The SMILES string of the molecule is CN(C(=O)CN1CC(Cc2ccccc2)CC1=O)C1CCNCC1. The quantitative estimate of drug-likeness (QED) is 0.886. The van der Waals surface area contributed by atoms with Gasteiger partial charge in [0, 0.05) is 26.1 Å². The molecule has 2 aliphatic heterocycles. The fourth-order valence-corrected chi connectivity index (χ4v) is 3.76. The summed E-state index contributed by atoms with van der Waals surface area (Å²) >= 11 is 0. The Morgan fingerprint density at radius 2 is 1.96 bits per heavy atom. The van der Waals surface area contributed by atoms with Crippen LogP contribution in [-0.4, -0.2) is 60.9 Å². The lowest BCUT2D eigenvalue weighted by Gasteiger charge is -2.32. The minimum Gasteiger partial charge on any atom is -0.341 e. The number of nitrogens with zero attached hydrogens (tertiary/aromatic N) is 2. The first kappa shape index (κ1) is 17.0. The van der Waals surface area contributed by atoms with Gasteiger partial charge in [0.2, 0.25) is 11.8 Å². The summed E-state index contributed by atoms with van der Waals surface area (Å²) in [4.78, 5) is 28.4. The van der Waals surface area contributed by atoms with Crippen LogP contribution in [0.5, 0.6) is 0 Å². The maximum Gasteiger partial charge on any atom is 0.242 e. The molecule has 0 aliphatic carbocycles. The molecule has 0 bridgehead atoms. The third-order valence-electron chi connectivity index (χ3n) is 5.24. The summed E-state index contributed by atoms with van der Waals surface area (Å²) in [6.45, 7) is 2.85. The van der Waals surface area contributed by atoms with Crippen molar-refractivity contribution in [2.45, 2.75) is 31.7 Å². The number of amides is 2. The summed E-state index contributed by atoms with van der Waals surface area (Å²) in [5.41, 5.74) is 1.26. The van der Waals surface area contributed by atoms with Crippen molar-refractivity contribution in [3.63, 3.8) is 0 Å². The van der Waals surface area contributed by atoms with E-state index >= 15 is 0 Å². The van der Waals surface area contributed by atoms with E-state index < -0.39 is 0 Å². The second-order valence-corrected chi connectivity index (χ2v) is 7.02. The summed E-state index contributed by atoms with van der Waals surface area (Å²) in [5.74, 6) is 0.496. The van der Waals surface area contributed by atoms with Crippen LogP contribution in [0, 0.1) is 5.92 Å². The van der Waals surface area contributed by atoms with Gasteiger partial charge in [0.05, 0.1) is 6.54 Å². The molecule has 0 radical (unpaired) electrons. The summed E-state index contributed by atoms with van der Waals surface area (Å²) in [6.07, 6.45) is 3.44. The van der Waals surface area contributed by atoms with Crippen LogP contribution in [0.25, 0.3) is 0 Å². The maximum absolute atomic E-state index is 12.5. The fourth-order valence-electron chi connectivity index (χ4n) is 3.76. The Bertz CT molecular complexity index is 569. The van der Waals surface area contributed by atoms with Crippen molar-refractivity contribution in [3.8, 4) is 0 Å². The first-order valence-corrected chi connectivity index (χ1v) is 8.91. The van der Waals surface area contributed by atoms with E-state index in [9.17, 15) is 9.59 Å². The molecule has 0 saturated carbocycles. The predicted molar refractivity (Wildman–Crippen MR) is 93.5 cm³/mol. The Labute approximate surface area is 144 Å². The van der Waals surface area contributed by atoms with Gasteiger partial charge in [-0.25, -0.2) is 0 Å². The van der Waals surface area contributed by atoms with Crippen molar-refractivity contribution < 1.29 is 9.59 Å². The van der Waals surface area contributed by atoms with Gasteiger partial charge in [-0.05, 0) is 43.8 Å². The molecule has 24 heavy (non-hydrogen) atoms. The smallest absolute Gasteiger partial charge is 0.242 e. The molecule has 5 nitrogen and oxygen atoms in total. The zero-order valence-corrected chi connectivity index (χ0v) is 14.4. The summed E-state index contributed by atoms with van der Waals surface area (Å²) in [5, 5.41) is 3.32. The van der Waals surface area contributed by atoms with Crippen LogP contribution < -0.4 is 5.32 Å². The Hall–Kier alpha value is -1.88. The van der Waals surface area contributed by atoms with Gasteiger partial charge in [0.25, 0.3) is 0 Å². The van der Waals surface area contributed by atoms with E-state index in [-0.39, 0.29) is 18.4 Å². The molecule has 1 atom stereocenters. The van der Waals surface area contributed by atoms with Crippen molar-refractivity contribution in [3.05, 3.63) is 35.9 Å². The number of carbonyl (C=O) groups excluding carboxylic acids is 2. The third kappa shape index (κ3) is 4.15. The molecule has 0 spiro atoms. The van der Waals surface area contributed by atoms with Gasteiger partial charge in [-0.1, -0.05) is 30.3 Å². The van der Waals surface area contributed by atoms with Gasteiger partial charge in [-0.2, -0.15) is 0 Å². The fraction of sp³-hybridized carbons (Fsp3) is 0.579. The van der Waals surface area contributed by atoms with Gasteiger partial charge in [0.15, 0.2) is 0 Å². The number of hydrogen-bond acceptors (Lipinski definition) is 3. The topological polar surface area (TPSA) is 52.7 Å². The van der Waals surface area contributed by atoms with Crippen molar-refractivity contribution in [2.75, 3.05) is 33.2 Å². The molecule has 5 heteroatoms. The van der Waals surface area contributed by atoms with E-state index in [1.807, 2.05) is 30.1 Å². The highest BCUT2D eigenvalue weighted by Gasteiger charge is 2.32. The van der Waals surface area contributed by atoms with E-state index in [0.717, 1.165) is 32.4 Å². The van der Waals surface area contributed by atoms with Gasteiger partial charge in [0.1, 0.15) is 0 Å². The Kier molecular flexibility index (Phi) is 5.51. The molecular formula is C19H27N3O2. The average molecular weight is 329 g/mol. The molecule has 2 fully saturated rings. The zero-order valence-electron chi connectivity index (χ0n) is 14.4. The molecule has 2 amide bonds. The largest absolute Gasteiger partial charge is 0.341 e. The Morgan fingerprint density at radius 3 is 2.67 bits per heavy atom. The predicted octanol–water partition coefficient (Wildman–Crippen LogP) is 1.29. The summed E-state index contributed by atoms with van der Waals surface area (Å²) < 4.78 is 0. The number of likely N-dealkylation sites (tertiary alicyclic amines) is 1. The van der Waals surface area contributed by atoms with Crippen LogP contribution in [0.4, 0.5) is 0 Å². The van der Waals surface area contributed by atoms with E-state index in [1.165, 1.54) is 5.56 Å². The molecule has 1 aromatic carbocycles. The minimum atomic E-state index is 0.0654. The second kappa shape index (κ2) is 7.79. The summed E-state index contributed by atoms with van der Waals surface area (Å²) in [6, 6.07) is 10.6. The molecule has 2 heterocycles. The molecule has 0 aromatic heterocycles. The highest BCUT2D eigenvalue weighted by Crippen LogP contribution is 2.22. The van der Waals surface area contributed by atoms with Crippen molar-refractivity contribution in [1.82, 2.24) is 15.1 Å². The molecule has 2 aliphatic rings. The van der Waals surface area contributed by atoms with Crippen LogP contribution in [0.2, 0.25) is 0 Å². The van der Waals surface area contributed by atoms with Gasteiger partial charge in [-0.3, -0.25) is 9.59 Å². The third-order valence-corrected chi connectivity index (χ3v) is 5.24. The number of carbonyl (C=O) groups is 2. The molecule has 2 saturated heterocycles. The van der Waals surface area contributed by atoms with Crippen LogP contribution in [-0.2, 0) is 16.0 Å². The first-order chi connectivity index (χ1) is 11.6. The number of piperidine rings is 1. The van der Waals surface area contributed by atoms with Crippen molar-refractivity contribution >= 4 is 11.8 Å². The zero-order chi connectivity index (χ0) is 16.9. The van der Waals surface area contributed by atoms with E-state index in [1.54, 1.807) is 4.90 Å². The van der Waals surface area contributed by atoms with E-state index in [0.29, 0.717) is 24.9 Å². The highest BCUT2D eigenvalue weighted by molar-refractivity contribution is 5.86. The minimum absolute atomic E-state index is 0.0654. The molecule has 1 unspecified atom stereocenters. The van der Waals surface area contributed by atoms with Crippen LogP contribution in [0.1, 0.15) is 24.8 Å². The molecule has 1 aromatic rings. The molecule has 3 rings (SSSR count). The van der Waals surface area contributed by atoms with Gasteiger partial charge < -0.3 is 15.1 Å². The monoisotopic (exact) mass is 329 g/mol. The van der Waals surface area contributed by atoms with Crippen molar-refractivity contribution in [1.29, 1.82) is 0 Å². The lowest BCUT2D eigenvalue weighted by molar-refractivity contribution is -0.139. The number of nitrogens with one attached hydrogen (secondary N) is 1. The van der Waals surface area contributed by atoms with Gasteiger partial charge >= 0.3 is 0 Å². The Balaban J connectivity index is 1.51. The summed E-state index contributed by atoms with van der Waals surface area (Å²) in [7, 11) is 1.88. The first-order valence-electron chi connectivity index (χ1n) is 8.91. The number of benzene rings is 1. The van der Waals surface area contributed by atoms with Crippen molar-refractivity contribution in [2.24, 2.45) is 5.92 Å². The second-order valence-electron chi connectivity index (χ2n) is 7.02. The highest BCUT2D eigenvalue weighted by atomic mass is 16.2. The lowest BCUT2D eigenvalue weighted by Crippen LogP contribution is -2.47. The standard InChI is InChI=1S/C19H27N3O2/c1-21(17-7-9-20-10-8-17)19(24)14-22-13-16(12-18(22)23)11-15-5-3-2-4-6-15/h2-6,16-17,20H,7-14H2,1H3. The lowest BCUT2D eigenvalue weighted by atomic mass is 9.99. The molecule has 1 N–H and O–H groups in total. The van der Waals surface area contributed by atoms with Gasteiger partial charge in [-0.15, -0.1) is 0 Å². The van der Waals surface area contributed by atoms with Crippen LogP contribution in [0.3, 0.4) is 0 Å². The van der Waals surface area contributed by atoms with Crippen LogP contribution >= 0.6 is 0 Å². The Morgan fingerprint density at radius 1 is 1.25 bits per heavy atom. The number of rotatable bonds is 5. The molecule has 130 valence electrons. The van der Waals surface area contributed by atoms with Crippen LogP contribution in [0.15, 0.2) is 30.3 Å². The number of likely N-dealkylation sites (N-methyl/N-ethyl adjacent to an activating group) is 1.